The molecule has 3 aromatic rings. The molecule has 118 valence electrons. The molecule has 0 radical (unpaired) electrons. The van der Waals surface area contributed by atoms with Gasteiger partial charge in [0.2, 0.25) is 5.65 Å². The molecule has 0 N–H and O–H groups in total. The van der Waals surface area contributed by atoms with Gasteiger partial charge in [-0.15, -0.1) is 5.10 Å². The Balaban J connectivity index is 1.58. The van der Waals surface area contributed by atoms with Crippen molar-refractivity contribution in [2.75, 3.05) is 31.6 Å². The summed E-state index contributed by atoms with van der Waals surface area (Å²) >= 11 is 0. The van der Waals surface area contributed by atoms with Crippen LogP contribution >= 0.6 is 0 Å². The highest BCUT2D eigenvalue weighted by Crippen LogP contribution is 2.21. The van der Waals surface area contributed by atoms with E-state index in [-0.39, 0.29) is 0 Å². The molecule has 7 heteroatoms. The van der Waals surface area contributed by atoms with E-state index in [1.165, 1.54) is 5.56 Å². The summed E-state index contributed by atoms with van der Waals surface area (Å²) in [4.78, 5) is 9.23. The third kappa shape index (κ3) is 2.75. The molecule has 23 heavy (non-hydrogen) atoms. The van der Waals surface area contributed by atoms with E-state index in [1.807, 2.05) is 0 Å². The fourth-order valence-corrected chi connectivity index (χ4v) is 3.13. The normalized spacial score (nSPS) is 19.3. The second-order valence-electron chi connectivity index (χ2n) is 5.97. The van der Waals surface area contributed by atoms with Gasteiger partial charge in [-0.1, -0.05) is 30.3 Å². The summed E-state index contributed by atoms with van der Waals surface area (Å²) in [7, 11) is 2.19. The number of hydrogen-bond donors (Lipinski definition) is 0. The quantitative estimate of drug-likeness (QED) is 0.716. The molecule has 2 aromatic heterocycles. The van der Waals surface area contributed by atoms with E-state index in [0.29, 0.717) is 6.04 Å². The molecule has 1 aromatic carbocycles. The van der Waals surface area contributed by atoms with Gasteiger partial charge < -0.3 is 4.90 Å². The second-order valence-corrected chi connectivity index (χ2v) is 5.97. The summed E-state index contributed by atoms with van der Waals surface area (Å²) in [6.07, 6.45) is 4.56. The maximum atomic E-state index is 4.51. The summed E-state index contributed by atoms with van der Waals surface area (Å²) < 4.78 is 1.67. The Morgan fingerprint density at radius 3 is 2.91 bits per heavy atom. The Kier molecular flexibility index (Phi) is 3.63. The van der Waals surface area contributed by atoms with Crippen molar-refractivity contribution < 1.29 is 0 Å². The highest BCUT2D eigenvalue weighted by atomic mass is 15.5. The molecule has 0 bridgehead atoms. The van der Waals surface area contributed by atoms with Gasteiger partial charge in [0.25, 0.3) is 0 Å². The number of piperazine rings is 1. The minimum Gasteiger partial charge on any atom is -0.351 e. The van der Waals surface area contributed by atoms with Crippen LogP contribution in [0.15, 0.2) is 42.7 Å². The van der Waals surface area contributed by atoms with Gasteiger partial charge in [-0.2, -0.15) is 4.52 Å². The van der Waals surface area contributed by atoms with Crippen LogP contribution in [0.25, 0.3) is 5.65 Å². The number of benzene rings is 1. The molecule has 1 unspecified atom stereocenters. The molecule has 1 aliphatic rings. The Morgan fingerprint density at radius 1 is 1.17 bits per heavy atom. The van der Waals surface area contributed by atoms with Crippen LogP contribution < -0.4 is 4.90 Å². The predicted molar refractivity (Wildman–Crippen MR) is 87.4 cm³/mol. The van der Waals surface area contributed by atoms with Crippen LogP contribution in [0.5, 0.6) is 0 Å². The topological polar surface area (TPSA) is 62.5 Å². The molecular formula is C16H19N7. The van der Waals surface area contributed by atoms with Gasteiger partial charge in [0.15, 0.2) is 5.82 Å². The van der Waals surface area contributed by atoms with Gasteiger partial charge in [-0.25, -0.2) is 4.98 Å². The van der Waals surface area contributed by atoms with Crippen LogP contribution in [-0.4, -0.2) is 62.6 Å². The van der Waals surface area contributed by atoms with Crippen molar-refractivity contribution in [3.8, 4) is 0 Å². The van der Waals surface area contributed by atoms with E-state index in [2.05, 4.69) is 67.7 Å². The Hall–Kier alpha value is -2.54. The number of nitrogens with zero attached hydrogens (tertiary/aromatic N) is 7. The summed E-state index contributed by atoms with van der Waals surface area (Å²) in [5.74, 6) is 0.865. The first-order valence-corrected chi connectivity index (χ1v) is 7.83. The Morgan fingerprint density at radius 2 is 2.04 bits per heavy atom. The first kappa shape index (κ1) is 14.1. The van der Waals surface area contributed by atoms with E-state index in [1.54, 1.807) is 16.9 Å². The molecule has 1 aliphatic heterocycles. The lowest BCUT2D eigenvalue weighted by atomic mass is 10.0. The largest absolute Gasteiger partial charge is 0.351 e. The fraction of sp³-hybridized carbons (Fsp3) is 0.375. The van der Waals surface area contributed by atoms with Crippen molar-refractivity contribution in [1.29, 1.82) is 0 Å². The molecule has 1 atom stereocenters. The summed E-state index contributed by atoms with van der Waals surface area (Å²) in [5.41, 5.74) is 2.08. The van der Waals surface area contributed by atoms with Gasteiger partial charge >= 0.3 is 0 Å². The first-order chi connectivity index (χ1) is 11.3. The second kappa shape index (κ2) is 5.92. The Labute approximate surface area is 134 Å². The van der Waals surface area contributed by atoms with Crippen molar-refractivity contribution in [1.82, 2.24) is 29.9 Å². The lowest BCUT2D eigenvalue weighted by Gasteiger charge is -2.40. The van der Waals surface area contributed by atoms with Crippen LogP contribution in [0.4, 0.5) is 5.82 Å². The number of hydrogen-bond acceptors (Lipinski definition) is 6. The molecule has 7 nitrogen and oxygen atoms in total. The molecule has 3 heterocycles. The third-order valence-electron chi connectivity index (χ3n) is 4.49. The number of tetrazole rings is 1. The van der Waals surface area contributed by atoms with Gasteiger partial charge in [-0.05, 0) is 29.5 Å². The lowest BCUT2D eigenvalue weighted by molar-refractivity contribution is 0.217. The minimum absolute atomic E-state index is 0.448. The molecule has 0 saturated carbocycles. The first-order valence-electron chi connectivity index (χ1n) is 7.83. The standard InChI is InChI=1S/C16H19N7/c1-21-9-10-22(12-14(21)11-13-5-3-2-4-6-13)15-16-18-19-20-23(16)8-7-17-15/h2-8,14H,9-12H2,1H3. The van der Waals surface area contributed by atoms with Gasteiger partial charge in [0, 0.05) is 31.9 Å². The molecule has 0 spiro atoms. The highest BCUT2D eigenvalue weighted by Gasteiger charge is 2.27. The minimum atomic E-state index is 0.448. The van der Waals surface area contributed by atoms with E-state index >= 15 is 0 Å². The van der Waals surface area contributed by atoms with Crippen molar-refractivity contribution >= 4 is 11.5 Å². The maximum Gasteiger partial charge on any atom is 0.221 e. The highest BCUT2D eigenvalue weighted by molar-refractivity contribution is 5.62. The van der Waals surface area contributed by atoms with Crippen molar-refractivity contribution in [3.63, 3.8) is 0 Å². The number of anilines is 1. The molecule has 4 rings (SSSR count). The average Bonchev–Trinajstić information content (AvgIpc) is 3.06. The van der Waals surface area contributed by atoms with Crippen LogP contribution in [0.2, 0.25) is 0 Å². The summed E-state index contributed by atoms with van der Waals surface area (Å²) in [6.45, 7) is 2.86. The van der Waals surface area contributed by atoms with Gasteiger partial charge in [-0.3, -0.25) is 4.90 Å². The van der Waals surface area contributed by atoms with Gasteiger partial charge in [0.1, 0.15) is 0 Å². The number of aromatic nitrogens is 5. The van der Waals surface area contributed by atoms with Crippen LogP contribution in [0.1, 0.15) is 5.56 Å². The van der Waals surface area contributed by atoms with Crippen molar-refractivity contribution in [3.05, 3.63) is 48.3 Å². The van der Waals surface area contributed by atoms with E-state index in [9.17, 15) is 0 Å². The van der Waals surface area contributed by atoms with Crippen LogP contribution in [0, 0.1) is 0 Å². The zero-order chi connectivity index (χ0) is 15.6. The molecular weight excluding hydrogens is 290 g/mol. The van der Waals surface area contributed by atoms with E-state index < -0.39 is 0 Å². The zero-order valence-electron chi connectivity index (χ0n) is 13.1. The predicted octanol–water partition coefficient (Wildman–Crippen LogP) is 0.882. The van der Waals surface area contributed by atoms with E-state index in [4.69, 9.17) is 0 Å². The zero-order valence-corrected chi connectivity index (χ0v) is 13.1. The maximum absolute atomic E-state index is 4.51. The van der Waals surface area contributed by atoms with Crippen molar-refractivity contribution in [2.24, 2.45) is 0 Å². The number of rotatable bonds is 3. The van der Waals surface area contributed by atoms with Crippen molar-refractivity contribution in [2.45, 2.75) is 12.5 Å². The summed E-state index contributed by atoms with van der Waals surface area (Å²) in [5, 5.41) is 11.8. The smallest absolute Gasteiger partial charge is 0.221 e. The third-order valence-corrected chi connectivity index (χ3v) is 4.49. The molecule has 1 saturated heterocycles. The van der Waals surface area contributed by atoms with Crippen LogP contribution in [0.3, 0.4) is 0 Å². The lowest BCUT2D eigenvalue weighted by Crippen LogP contribution is -2.52. The van der Waals surface area contributed by atoms with Gasteiger partial charge in [0.05, 0.1) is 6.20 Å². The number of fused-ring (bicyclic) bond motifs is 1. The average molecular weight is 309 g/mol. The number of likely N-dealkylation sites (N-methyl/N-ethyl adjacent to an activating group) is 1. The Bertz CT molecular complexity index is 785. The van der Waals surface area contributed by atoms with E-state index in [0.717, 1.165) is 37.5 Å². The fourth-order valence-electron chi connectivity index (χ4n) is 3.13. The SMILES string of the molecule is CN1CCN(c2nccn3nnnc23)CC1Cc1ccccc1. The molecule has 0 aliphatic carbocycles. The molecule has 0 amide bonds. The van der Waals surface area contributed by atoms with Crippen LogP contribution in [-0.2, 0) is 6.42 Å². The molecule has 1 fully saturated rings. The summed E-state index contributed by atoms with van der Waals surface area (Å²) in [6, 6.07) is 11.1. The monoisotopic (exact) mass is 309 g/mol.